The second kappa shape index (κ2) is 4.95. The van der Waals surface area contributed by atoms with Gasteiger partial charge in [-0.3, -0.25) is 0 Å². The second-order valence-corrected chi connectivity index (χ2v) is 4.95. The molecule has 0 aliphatic heterocycles. The fourth-order valence-electron chi connectivity index (χ4n) is 2.85. The Morgan fingerprint density at radius 1 is 1.11 bits per heavy atom. The molecular weight excluding hydrogens is 218 g/mol. The summed E-state index contributed by atoms with van der Waals surface area (Å²) < 4.78 is 0. The molecule has 0 spiro atoms. The predicted molar refractivity (Wildman–Crippen MR) is 78.9 cm³/mol. The number of hydrogen-bond donors (Lipinski definition) is 1. The van der Waals surface area contributed by atoms with Crippen LogP contribution >= 0.6 is 0 Å². The van der Waals surface area contributed by atoms with E-state index in [0.29, 0.717) is 0 Å². The summed E-state index contributed by atoms with van der Waals surface area (Å²) in [4.78, 5) is 0. The zero-order valence-corrected chi connectivity index (χ0v) is 10.9. The monoisotopic (exact) mass is 237 g/mol. The normalized spacial score (nSPS) is 13.8. The molecule has 1 heteroatoms. The lowest BCUT2D eigenvalue weighted by molar-refractivity contribution is 0.809. The molecule has 1 nitrogen and oxygen atoms in total. The van der Waals surface area contributed by atoms with Crippen molar-refractivity contribution in [2.45, 2.75) is 19.3 Å². The fraction of sp³-hybridized carbons (Fsp3) is 0.294. The third-order valence-corrected chi connectivity index (χ3v) is 3.77. The van der Waals surface area contributed by atoms with Crippen molar-refractivity contribution in [3.63, 3.8) is 0 Å². The molecule has 3 rings (SSSR count). The first-order chi connectivity index (χ1) is 8.90. The van der Waals surface area contributed by atoms with Crippen LogP contribution in [0.3, 0.4) is 0 Å². The first-order valence-corrected chi connectivity index (χ1v) is 6.75. The summed E-state index contributed by atoms with van der Waals surface area (Å²) in [5.74, 6) is 0. The number of benzene rings is 2. The highest BCUT2D eigenvalue weighted by Crippen LogP contribution is 2.33. The smallest absolute Gasteiger partial charge is 0.00172 e. The Kier molecular flexibility index (Phi) is 3.16. The average molecular weight is 237 g/mol. The third-order valence-electron chi connectivity index (χ3n) is 3.77. The van der Waals surface area contributed by atoms with E-state index in [9.17, 15) is 0 Å². The van der Waals surface area contributed by atoms with Crippen molar-refractivity contribution >= 4 is 16.8 Å². The molecule has 18 heavy (non-hydrogen) atoms. The molecule has 92 valence electrons. The maximum atomic E-state index is 3.17. The Hall–Kier alpha value is -1.60. The van der Waals surface area contributed by atoms with E-state index in [-0.39, 0.29) is 0 Å². The van der Waals surface area contributed by atoms with Gasteiger partial charge in [-0.1, -0.05) is 42.5 Å². The van der Waals surface area contributed by atoms with Crippen molar-refractivity contribution in [2.24, 2.45) is 0 Å². The Balaban J connectivity index is 2.01. The van der Waals surface area contributed by atoms with Crippen molar-refractivity contribution in [2.75, 3.05) is 13.6 Å². The van der Waals surface area contributed by atoms with Crippen LogP contribution in [0.1, 0.15) is 23.1 Å². The van der Waals surface area contributed by atoms with Crippen LogP contribution in [-0.4, -0.2) is 13.6 Å². The number of rotatable bonds is 4. The van der Waals surface area contributed by atoms with Crippen LogP contribution in [-0.2, 0) is 12.8 Å². The zero-order valence-electron chi connectivity index (χ0n) is 10.9. The highest BCUT2D eigenvalue weighted by molar-refractivity contribution is 5.96. The summed E-state index contributed by atoms with van der Waals surface area (Å²) in [6, 6.07) is 11.3. The molecule has 1 N–H and O–H groups in total. The largest absolute Gasteiger partial charge is 0.319 e. The molecule has 0 aromatic heterocycles. The van der Waals surface area contributed by atoms with Gasteiger partial charge in [0.25, 0.3) is 0 Å². The molecule has 0 saturated heterocycles. The van der Waals surface area contributed by atoms with Gasteiger partial charge in [0.05, 0.1) is 0 Å². The lowest BCUT2D eigenvalue weighted by Crippen LogP contribution is -2.05. The minimum Gasteiger partial charge on any atom is -0.319 e. The molecule has 0 amide bonds. The van der Waals surface area contributed by atoms with Crippen LogP contribution in [0.2, 0.25) is 0 Å². The highest BCUT2D eigenvalue weighted by atomic mass is 14.8. The van der Waals surface area contributed by atoms with E-state index in [1.807, 2.05) is 7.05 Å². The average Bonchev–Trinajstić information content (AvgIpc) is 2.82. The molecule has 2 aromatic rings. The molecule has 1 aliphatic carbocycles. The molecule has 0 bridgehead atoms. The second-order valence-electron chi connectivity index (χ2n) is 4.95. The zero-order chi connectivity index (χ0) is 12.4. The lowest BCUT2D eigenvalue weighted by Gasteiger charge is -2.05. The van der Waals surface area contributed by atoms with Gasteiger partial charge >= 0.3 is 0 Å². The van der Waals surface area contributed by atoms with Gasteiger partial charge in [0.15, 0.2) is 0 Å². The maximum Gasteiger partial charge on any atom is -0.00172 e. The van der Waals surface area contributed by atoms with Crippen molar-refractivity contribution in [3.8, 4) is 0 Å². The Morgan fingerprint density at radius 3 is 2.78 bits per heavy atom. The van der Waals surface area contributed by atoms with E-state index in [2.05, 4.69) is 47.8 Å². The van der Waals surface area contributed by atoms with Gasteiger partial charge in [-0.2, -0.15) is 0 Å². The quantitative estimate of drug-likeness (QED) is 0.802. The third kappa shape index (κ3) is 1.95. The molecule has 0 saturated carbocycles. The predicted octanol–water partition coefficient (Wildman–Crippen LogP) is 3.56. The molecule has 0 radical (unpaired) electrons. The van der Waals surface area contributed by atoms with Crippen molar-refractivity contribution < 1.29 is 0 Å². The first kappa shape index (κ1) is 11.5. The van der Waals surface area contributed by atoms with E-state index >= 15 is 0 Å². The summed E-state index contributed by atoms with van der Waals surface area (Å²) >= 11 is 0. The van der Waals surface area contributed by atoms with Crippen molar-refractivity contribution in [1.29, 1.82) is 0 Å². The van der Waals surface area contributed by atoms with E-state index in [1.165, 1.54) is 40.3 Å². The van der Waals surface area contributed by atoms with E-state index in [0.717, 1.165) is 13.0 Å². The Labute approximate surface area is 109 Å². The van der Waals surface area contributed by atoms with E-state index < -0.39 is 0 Å². The van der Waals surface area contributed by atoms with Crippen molar-refractivity contribution in [1.82, 2.24) is 5.32 Å². The van der Waals surface area contributed by atoms with Crippen LogP contribution in [0.5, 0.6) is 0 Å². The Morgan fingerprint density at radius 2 is 1.94 bits per heavy atom. The molecule has 1 aliphatic rings. The minimum atomic E-state index is 1.04. The lowest BCUT2D eigenvalue weighted by atomic mass is 9.99. The van der Waals surface area contributed by atoms with Gasteiger partial charge in [-0.05, 0) is 60.3 Å². The summed E-state index contributed by atoms with van der Waals surface area (Å²) in [5, 5.41) is 6.10. The van der Waals surface area contributed by atoms with E-state index in [1.54, 1.807) is 0 Å². The topological polar surface area (TPSA) is 12.0 Å². The molecular formula is C17H19N. The van der Waals surface area contributed by atoms with Gasteiger partial charge < -0.3 is 5.32 Å². The van der Waals surface area contributed by atoms with Crippen LogP contribution in [0.4, 0.5) is 0 Å². The van der Waals surface area contributed by atoms with Crippen LogP contribution < -0.4 is 5.32 Å². The van der Waals surface area contributed by atoms with E-state index in [4.69, 9.17) is 0 Å². The van der Waals surface area contributed by atoms with Crippen LogP contribution in [0.25, 0.3) is 16.8 Å². The van der Waals surface area contributed by atoms with Gasteiger partial charge in [0.1, 0.15) is 0 Å². The standard InChI is InChI=1S/C17H19N/c1-18-12-3-2-5-13-8-9-15-11-10-14-6-4-7-16(13)17(14)15/h2,4-9,18H,3,10-12H2,1H3. The van der Waals surface area contributed by atoms with Gasteiger partial charge in [0.2, 0.25) is 0 Å². The maximum absolute atomic E-state index is 3.17. The summed E-state index contributed by atoms with van der Waals surface area (Å²) in [7, 11) is 1.99. The molecule has 2 aromatic carbocycles. The van der Waals surface area contributed by atoms with Crippen molar-refractivity contribution in [3.05, 3.63) is 53.1 Å². The first-order valence-electron chi connectivity index (χ1n) is 6.75. The fourth-order valence-corrected chi connectivity index (χ4v) is 2.85. The SMILES string of the molecule is CNCCC=Cc1ccc2c3c(cccc13)CC2. The number of nitrogens with one attached hydrogen (secondary N) is 1. The summed E-state index contributed by atoms with van der Waals surface area (Å²) in [5.41, 5.74) is 4.40. The number of hydrogen-bond acceptors (Lipinski definition) is 1. The molecule has 0 heterocycles. The van der Waals surface area contributed by atoms with Gasteiger partial charge in [-0.25, -0.2) is 0 Å². The minimum absolute atomic E-state index is 1.04. The highest BCUT2D eigenvalue weighted by Gasteiger charge is 2.14. The van der Waals surface area contributed by atoms with Gasteiger partial charge in [0, 0.05) is 0 Å². The number of aryl methyl sites for hydroxylation is 2. The van der Waals surface area contributed by atoms with Gasteiger partial charge in [-0.15, -0.1) is 0 Å². The van der Waals surface area contributed by atoms with Crippen LogP contribution in [0, 0.1) is 0 Å². The summed E-state index contributed by atoms with van der Waals surface area (Å²) in [6.45, 7) is 1.04. The Bertz CT molecular complexity index is 586. The van der Waals surface area contributed by atoms with Crippen LogP contribution in [0.15, 0.2) is 36.4 Å². The molecule has 0 unspecified atom stereocenters. The molecule has 0 atom stereocenters. The molecule has 0 fully saturated rings. The summed E-state index contributed by atoms with van der Waals surface area (Å²) in [6.07, 6.45) is 8.02.